The van der Waals surface area contributed by atoms with Gasteiger partial charge < -0.3 is 9.67 Å². The minimum absolute atomic E-state index is 0.0247. The molecule has 0 aromatic carbocycles. The highest BCUT2D eigenvalue weighted by Gasteiger charge is 1.98. The topological polar surface area (TPSA) is 42.2 Å². The molecule has 0 unspecified atom stereocenters. The predicted octanol–water partition coefficient (Wildman–Crippen LogP) is 0.229. The molecule has 1 N–H and O–H groups in total. The summed E-state index contributed by atoms with van der Waals surface area (Å²) in [6.07, 6.45) is 2.36. The number of hydrogen-bond donors (Lipinski definition) is 1. The molecule has 0 aliphatic heterocycles. The summed E-state index contributed by atoms with van der Waals surface area (Å²) < 4.78 is 1.54. The maximum absolute atomic E-state index is 11.2. The van der Waals surface area contributed by atoms with Crippen molar-refractivity contribution in [1.82, 2.24) is 4.57 Å². The second-order valence-electron chi connectivity index (χ2n) is 2.92. The third-order valence-electron chi connectivity index (χ3n) is 1.82. The number of aliphatic hydroxyl groups is 1. The number of pyridine rings is 1. The maximum atomic E-state index is 11.2. The highest BCUT2D eigenvalue weighted by atomic mass is 16.2. The van der Waals surface area contributed by atoms with Crippen molar-refractivity contribution in [2.45, 2.75) is 13.3 Å². The fourth-order valence-corrected chi connectivity index (χ4v) is 1.23. The highest BCUT2D eigenvalue weighted by molar-refractivity contribution is 5.17. The summed E-state index contributed by atoms with van der Waals surface area (Å²) in [6, 6.07) is 1.82. The molecule has 0 saturated carbocycles. The van der Waals surface area contributed by atoms with E-state index in [2.05, 4.69) is 0 Å². The fraction of sp³-hybridized carbons (Fsp3) is 0.444. The Morgan fingerprint density at radius 2 is 2.25 bits per heavy atom. The van der Waals surface area contributed by atoms with Gasteiger partial charge in [0, 0.05) is 25.4 Å². The second-order valence-corrected chi connectivity index (χ2v) is 2.92. The van der Waals surface area contributed by atoms with Crippen molar-refractivity contribution in [3.05, 3.63) is 33.7 Å². The SMILES string of the molecule is Cc1cc(CCO)cn(C)c1=O. The molecule has 0 spiro atoms. The zero-order chi connectivity index (χ0) is 9.14. The number of aliphatic hydroxyl groups excluding tert-OH is 1. The molecular formula is C9H13NO2. The lowest BCUT2D eigenvalue weighted by Crippen LogP contribution is -2.19. The first-order valence-corrected chi connectivity index (χ1v) is 3.92. The van der Waals surface area contributed by atoms with Gasteiger partial charge in [-0.05, 0) is 25.0 Å². The van der Waals surface area contributed by atoms with Gasteiger partial charge in [0.05, 0.1) is 0 Å². The van der Waals surface area contributed by atoms with Crippen LogP contribution in [0.5, 0.6) is 0 Å². The molecule has 0 aliphatic rings. The summed E-state index contributed by atoms with van der Waals surface area (Å²) in [5.41, 5.74) is 1.75. The van der Waals surface area contributed by atoms with Crippen LogP contribution in [-0.2, 0) is 13.5 Å². The number of rotatable bonds is 2. The molecule has 3 nitrogen and oxygen atoms in total. The molecule has 0 bridgehead atoms. The zero-order valence-electron chi connectivity index (χ0n) is 7.37. The Morgan fingerprint density at radius 3 is 2.75 bits per heavy atom. The first kappa shape index (κ1) is 9.00. The van der Waals surface area contributed by atoms with Crippen molar-refractivity contribution in [2.75, 3.05) is 6.61 Å². The molecule has 66 valence electrons. The molecule has 0 aliphatic carbocycles. The quantitative estimate of drug-likeness (QED) is 0.685. The maximum Gasteiger partial charge on any atom is 0.253 e. The normalized spacial score (nSPS) is 10.2. The van der Waals surface area contributed by atoms with Crippen molar-refractivity contribution >= 4 is 0 Å². The van der Waals surface area contributed by atoms with Gasteiger partial charge in [0.2, 0.25) is 0 Å². The molecule has 1 rings (SSSR count). The van der Waals surface area contributed by atoms with Crippen molar-refractivity contribution in [2.24, 2.45) is 7.05 Å². The van der Waals surface area contributed by atoms with Crippen LogP contribution in [0.3, 0.4) is 0 Å². The molecule has 1 heterocycles. The van der Waals surface area contributed by atoms with Gasteiger partial charge in [0.1, 0.15) is 0 Å². The Kier molecular flexibility index (Phi) is 2.65. The summed E-state index contributed by atoms with van der Waals surface area (Å²) in [7, 11) is 1.72. The number of nitrogens with zero attached hydrogens (tertiary/aromatic N) is 1. The van der Waals surface area contributed by atoms with E-state index in [0.717, 1.165) is 11.1 Å². The number of aromatic nitrogens is 1. The van der Waals surface area contributed by atoms with Gasteiger partial charge in [-0.3, -0.25) is 4.79 Å². The van der Waals surface area contributed by atoms with E-state index in [1.807, 2.05) is 6.07 Å². The van der Waals surface area contributed by atoms with Crippen molar-refractivity contribution in [3.8, 4) is 0 Å². The van der Waals surface area contributed by atoms with Crippen molar-refractivity contribution in [3.63, 3.8) is 0 Å². The summed E-state index contributed by atoms with van der Waals surface area (Å²) in [5.74, 6) is 0. The van der Waals surface area contributed by atoms with Gasteiger partial charge in [-0.2, -0.15) is 0 Å². The Labute approximate surface area is 71.3 Å². The largest absolute Gasteiger partial charge is 0.396 e. The molecule has 0 amide bonds. The molecule has 12 heavy (non-hydrogen) atoms. The summed E-state index contributed by atoms with van der Waals surface area (Å²) in [6.45, 7) is 1.90. The van der Waals surface area contributed by atoms with E-state index in [9.17, 15) is 4.79 Å². The molecular weight excluding hydrogens is 154 g/mol. The van der Waals surface area contributed by atoms with E-state index in [4.69, 9.17) is 5.11 Å². The first-order valence-electron chi connectivity index (χ1n) is 3.92. The van der Waals surface area contributed by atoms with Crippen LogP contribution < -0.4 is 5.56 Å². The monoisotopic (exact) mass is 167 g/mol. The molecule has 0 fully saturated rings. The zero-order valence-corrected chi connectivity index (χ0v) is 7.37. The molecule has 0 radical (unpaired) electrons. The van der Waals surface area contributed by atoms with E-state index in [0.29, 0.717) is 6.42 Å². The smallest absolute Gasteiger partial charge is 0.253 e. The van der Waals surface area contributed by atoms with Crippen LogP contribution in [0.25, 0.3) is 0 Å². The van der Waals surface area contributed by atoms with E-state index in [1.165, 1.54) is 0 Å². The van der Waals surface area contributed by atoms with Gasteiger partial charge in [-0.25, -0.2) is 0 Å². The van der Waals surface area contributed by atoms with E-state index in [-0.39, 0.29) is 12.2 Å². The van der Waals surface area contributed by atoms with Gasteiger partial charge in [-0.15, -0.1) is 0 Å². The Bertz CT molecular complexity index is 302. The minimum atomic E-state index is 0.0247. The van der Waals surface area contributed by atoms with Crippen LogP contribution in [0.15, 0.2) is 17.1 Å². The lowest BCUT2D eigenvalue weighted by Gasteiger charge is -2.03. The third-order valence-corrected chi connectivity index (χ3v) is 1.82. The van der Waals surface area contributed by atoms with Crippen LogP contribution in [0.4, 0.5) is 0 Å². The summed E-state index contributed by atoms with van der Waals surface area (Å²) in [5, 5.41) is 8.68. The standard InChI is InChI=1S/C9H13NO2/c1-7-5-8(3-4-11)6-10(2)9(7)12/h5-6,11H,3-4H2,1-2H3. The van der Waals surface area contributed by atoms with Crippen LogP contribution in [-0.4, -0.2) is 16.3 Å². The molecule has 1 aromatic heterocycles. The van der Waals surface area contributed by atoms with E-state index < -0.39 is 0 Å². The Morgan fingerprint density at radius 1 is 1.58 bits per heavy atom. The molecule has 1 aromatic rings. The van der Waals surface area contributed by atoms with Crippen molar-refractivity contribution in [1.29, 1.82) is 0 Å². The molecule has 0 saturated heterocycles. The van der Waals surface area contributed by atoms with Crippen LogP contribution in [0.1, 0.15) is 11.1 Å². The lowest BCUT2D eigenvalue weighted by atomic mass is 10.1. The second kappa shape index (κ2) is 3.54. The predicted molar refractivity (Wildman–Crippen MR) is 47.2 cm³/mol. The van der Waals surface area contributed by atoms with Crippen LogP contribution >= 0.6 is 0 Å². The number of aryl methyl sites for hydroxylation is 2. The Balaban J connectivity index is 3.13. The van der Waals surface area contributed by atoms with Crippen molar-refractivity contribution < 1.29 is 5.11 Å². The van der Waals surface area contributed by atoms with Crippen LogP contribution in [0, 0.1) is 6.92 Å². The lowest BCUT2D eigenvalue weighted by molar-refractivity contribution is 0.299. The highest BCUT2D eigenvalue weighted by Crippen LogP contribution is 1.99. The minimum Gasteiger partial charge on any atom is -0.396 e. The van der Waals surface area contributed by atoms with Gasteiger partial charge in [0.15, 0.2) is 0 Å². The fourth-order valence-electron chi connectivity index (χ4n) is 1.23. The summed E-state index contributed by atoms with van der Waals surface area (Å²) >= 11 is 0. The molecule has 0 atom stereocenters. The van der Waals surface area contributed by atoms with Gasteiger partial charge >= 0.3 is 0 Å². The number of hydrogen-bond acceptors (Lipinski definition) is 2. The third kappa shape index (κ3) is 1.74. The van der Waals surface area contributed by atoms with Gasteiger partial charge in [-0.1, -0.05) is 0 Å². The van der Waals surface area contributed by atoms with E-state index in [1.54, 1.807) is 24.7 Å². The van der Waals surface area contributed by atoms with Gasteiger partial charge in [0.25, 0.3) is 5.56 Å². The summed E-state index contributed by atoms with van der Waals surface area (Å²) in [4.78, 5) is 11.2. The Hall–Kier alpha value is -1.09. The average Bonchev–Trinajstić information content (AvgIpc) is 2.01. The molecule has 3 heteroatoms. The van der Waals surface area contributed by atoms with E-state index >= 15 is 0 Å². The van der Waals surface area contributed by atoms with Crippen LogP contribution in [0.2, 0.25) is 0 Å². The first-order chi connectivity index (χ1) is 5.65. The average molecular weight is 167 g/mol.